The van der Waals surface area contributed by atoms with Crippen molar-refractivity contribution in [3.05, 3.63) is 59.7 Å². The fourth-order valence-electron chi connectivity index (χ4n) is 2.45. The Kier molecular flexibility index (Phi) is 10.8. The van der Waals surface area contributed by atoms with Crippen LogP contribution in [0.25, 0.3) is 0 Å². The predicted molar refractivity (Wildman–Crippen MR) is 131 cm³/mol. The minimum absolute atomic E-state index is 0. The van der Waals surface area contributed by atoms with Crippen molar-refractivity contribution in [2.75, 3.05) is 26.0 Å². The molecule has 176 valence electrons. The fourth-order valence-corrected chi connectivity index (χ4v) is 2.45. The van der Waals surface area contributed by atoms with Crippen LogP contribution in [0.1, 0.15) is 25.0 Å². The van der Waals surface area contributed by atoms with E-state index in [2.05, 4.69) is 15.6 Å². The number of ether oxygens (including phenoxy) is 1. The highest BCUT2D eigenvalue weighted by molar-refractivity contribution is 14.0. The first-order valence-corrected chi connectivity index (χ1v) is 9.73. The van der Waals surface area contributed by atoms with Gasteiger partial charge in [-0.1, -0.05) is 12.1 Å². The summed E-state index contributed by atoms with van der Waals surface area (Å²) in [5, 5.41) is 6.03. The van der Waals surface area contributed by atoms with Crippen molar-refractivity contribution in [1.82, 2.24) is 10.2 Å². The Hall–Kier alpha value is -2.50. The van der Waals surface area contributed by atoms with Crippen molar-refractivity contribution in [1.29, 1.82) is 0 Å². The zero-order valence-corrected chi connectivity index (χ0v) is 20.7. The predicted octanol–water partition coefficient (Wildman–Crippen LogP) is 4.76. The van der Waals surface area contributed by atoms with Gasteiger partial charge in [-0.15, -0.1) is 24.0 Å². The number of anilines is 1. The Morgan fingerprint density at radius 1 is 1.06 bits per heavy atom. The molecule has 0 atom stereocenters. The summed E-state index contributed by atoms with van der Waals surface area (Å²) in [6.07, 6.45) is -4.33. The summed E-state index contributed by atoms with van der Waals surface area (Å²) in [7, 11) is 3.29. The third-order valence-corrected chi connectivity index (χ3v) is 4.10. The lowest BCUT2D eigenvalue weighted by Crippen LogP contribution is -2.39. The SMILES string of the molecule is CC(C)Oc1ccc(NC(=NCc2ccc(C(F)(F)F)cc2)NCC(=O)N(C)C)cc1.I. The molecule has 1 amide bonds. The maximum Gasteiger partial charge on any atom is 0.416 e. The molecule has 2 aromatic carbocycles. The molecule has 0 radical (unpaired) electrons. The third-order valence-electron chi connectivity index (χ3n) is 4.10. The van der Waals surface area contributed by atoms with Crippen LogP contribution in [0.15, 0.2) is 53.5 Å². The van der Waals surface area contributed by atoms with Gasteiger partial charge in [0.2, 0.25) is 5.91 Å². The first kappa shape index (κ1) is 27.5. The molecule has 2 N–H and O–H groups in total. The van der Waals surface area contributed by atoms with E-state index < -0.39 is 11.7 Å². The molecular weight excluding hydrogens is 536 g/mol. The van der Waals surface area contributed by atoms with Gasteiger partial charge in [-0.05, 0) is 55.8 Å². The summed E-state index contributed by atoms with van der Waals surface area (Å²) in [4.78, 5) is 17.7. The first-order valence-electron chi connectivity index (χ1n) is 9.73. The summed E-state index contributed by atoms with van der Waals surface area (Å²) in [5.74, 6) is 0.900. The van der Waals surface area contributed by atoms with Crippen LogP contribution < -0.4 is 15.4 Å². The van der Waals surface area contributed by atoms with Crippen molar-refractivity contribution in [3.63, 3.8) is 0 Å². The Balaban J connectivity index is 0.00000512. The molecule has 0 saturated carbocycles. The molecule has 32 heavy (non-hydrogen) atoms. The molecule has 0 fully saturated rings. The second kappa shape index (κ2) is 12.5. The van der Waals surface area contributed by atoms with Gasteiger partial charge in [0, 0.05) is 19.8 Å². The smallest absolute Gasteiger partial charge is 0.416 e. The Bertz CT molecular complexity index is 884. The Morgan fingerprint density at radius 3 is 2.16 bits per heavy atom. The van der Waals surface area contributed by atoms with Crippen molar-refractivity contribution in [3.8, 4) is 5.75 Å². The molecule has 0 aliphatic carbocycles. The summed E-state index contributed by atoms with van der Waals surface area (Å²) in [6, 6.07) is 12.0. The van der Waals surface area contributed by atoms with Crippen molar-refractivity contribution < 1.29 is 22.7 Å². The van der Waals surface area contributed by atoms with E-state index in [1.807, 2.05) is 13.8 Å². The van der Waals surface area contributed by atoms with Crippen molar-refractivity contribution in [2.24, 2.45) is 4.99 Å². The normalized spacial score (nSPS) is 11.6. The van der Waals surface area contributed by atoms with Gasteiger partial charge in [0.1, 0.15) is 5.75 Å². The number of amides is 1. The lowest BCUT2D eigenvalue weighted by Gasteiger charge is -2.16. The summed E-state index contributed by atoms with van der Waals surface area (Å²) >= 11 is 0. The molecule has 0 saturated heterocycles. The maximum absolute atomic E-state index is 12.7. The van der Waals surface area contributed by atoms with Gasteiger partial charge in [0.25, 0.3) is 0 Å². The van der Waals surface area contributed by atoms with Crippen LogP contribution in [-0.2, 0) is 17.5 Å². The molecule has 0 bridgehead atoms. The van der Waals surface area contributed by atoms with Crippen LogP contribution >= 0.6 is 24.0 Å². The molecule has 10 heteroatoms. The topological polar surface area (TPSA) is 66.0 Å². The monoisotopic (exact) mass is 564 g/mol. The van der Waals surface area contributed by atoms with Gasteiger partial charge in [-0.2, -0.15) is 13.2 Å². The molecule has 0 aromatic heterocycles. The van der Waals surface area contributed by atoms with E-state index in [0.717, 1.165) is 17.9 Å². The highest BCUT2D eigenvalue weighted by Crippen LogP contribution is 2.29. The van der Waals surface area contributed by atoms with E-state index in [1.54, 1.807) is 38.4 Å². The third kappa shape index (κ3) is 9.33. The van der Waals surface area contributed by atoms with Gasteiger partial charge in [-0.25, -0.2) is 4.99 Å². The number of halogens is 4. The number of alkyl halides is 3. The number of carbonyl (C=O) groups is 1. The van der Waals surface area contributed by atoms with Gasteiger partial charge in [0.15, 0.2) is 5.96 Å². The second-order valence-electron chi connectivity index (χ2n) is 7.32. The van der Waals surface area contributed by atoms with Crippen LogP contribution in [0.2, 0.25) is 0 Å². The van der Waals surface area contributed by atoms with Gasteiger partial charge in [0.05, 0.1) is 24.8 Å². The van der Waals surface area contributed by atoms with Crippen LogP contribution in [0.4, 0.5) is 18.9 Å². The number of aliphatic imine (C=N–C) groups is 1. The van der Waals surface area contributed by atoms with Crippen molar-refractivity contribution in [2.45, 2.75) is 32.7 Å². The van der Waals surface area contributed by atoms with E-state index in [0.29, 0.717) is 17.2 Å². The van der Waals surface area contributed by atoms with E-state index in [-0.39, 0.29) is 49.1 Å². The van der Waals surface area contributed by atoms with Gasteiger partial charge < -0.3 is 20.3 Å². The Morgan fingerprint density at radius 2 is 1.66 bits per heavy atom. The first-order chi connectivity index (χ1) is 14.5. The number of nitrogens with one attached hydrogen (secondary N) is 2. The summed E-state index contributed by atoms with van der Waals surface area (Å²) < 4.78 is 43.8. The molecule has 2 aromatic rings. The van der Waals surface area contributed by atoms with Crippen molar-refractivity contribution >= 4 is 41.5 Å². The molecule has 0 aliphatic rings. The number of hydrogen-bond donors (Lipinski definition) is 2. The molecule has 2 rings (SSSR count). The minimum Gasteiger partial charge on any atom is -0.491 e. The number of nitrogens with zero attached hydrogens (tertiary/aromatic N) is 2. The van der Waals surface area contributed by atoms with Crippen LogP contribution in [0.3, 0.4) is 0 Å². The minimum atomic E-state index is -4.38. The number of guanidine groups is 1. The number of likely N-dealkylation sites (N-methyl/N-ethyl adjacent to an activating group) is 1. The average molecular weight is 564 g/mol. The van der Waals surface area contributed by atoms with E-state index in [9.17, 15) is 18.0 Å². The molecule has 0 unspecified atom stereocenters. The largest absolute Gasteiger partial charge is 0.491 e. The quantitative estimate of drug-likeness (QED) is 0.290. The van der Waals surface area contributed by atoms with Gasteiger partial charge in [-0.3, -0.25) is 4.79 Å². The number of rotatable bonds is 7. The number of carbonyl (C=O) groups excluding carboxylic acids is 1. The summed E-state index contributed by atoms with van der Waals surface area (Å²) in [6.45, 7) is 4.02. The molecule has 0 heterocycles. The zero-order chi connectivity index (χ0) is 23.0. The number of benzene rings is 2. The lowest BCUT2D eigenvalue weighted by atomic mass is 10.1. The lowest BCUT2D eigenvalue weighted by molar-refractivity contribution is -0.137. The molecular formula is C22H28F3IN4O2. The standard InChI is InChI=1S/C22H27F3N4O2.HI/c1-15(2)31-19-11-9-18(10-12-19)28-21(27-14-20(30)29(3)4)26-13-16-5-7-17(8-6-16)22(23,24)25;/h5-12,15H,13-14H2,1-4H3,(H2,26,27,28);1H. The Labute approximate surface area is 203 Å². The van der Waals surface area contributed by atoms with Crippen LogP contribution in [0.5, 0.6) is 5.75 Å². The fraction of sp³-hybridized carbons (Fsp3) is 0.364. The molecule has 0 aliphatic heterocycles. The average Bonchev–Trinajstić information content (AvgIpc) is 2.70. The summed E-state index contributed by atoms with van der Waals surface area (Å²) in [5.41, 5.74) is 0.609. The highest BCUT2D eigenvalue weighted by Gasteiger charge is 2.29. The zero-order valence-electron chi connectivity index (χ0n) is 18.4. The molecule has 6 nitrogen and oxygen atoms in total. The van der Waals surface area contributed by atoms with Crippen LogP contribution in [-0.4, -0.2) is 43.5 Å². The van der Waals surface area contributed by atoms with E-state index in [4.69, 9.17) is 4.74 Å². The number of hydrogen-bond acceptors (Lipinski definition) is 3. The highest BCUT2D eigenvalue weighted by atomic mass is 127. The van der Waals surface area contributed by atoms with E-state index in [1.165, 1.54) is 17.0 Å². The van der Waals surface area contributed by atoms with Gasteiger partial charge >= 0.3 is 6.18 Å². The second-order valence-corrected chi connectivity index (χ2v) is 7.32. The maximum atomic E-state index is 12.7. The molecule has 0 spiro atoms. The van der Waals surface area contributed by atoms with E-state index >= 15 is 0 Å². The van der Waals surface area contributed by atoms with Crippen LogP contribution in [0, 0.1) is 0 Å².